The van der Waals surface area contributed by atoms with Crippen molar-refractivity contribution >= 4 is 23.6 Å². The van der Waals surface area contributed by atoms with Gasteiger partial charge in [0.2, 0.25) is 0 Å². The first-order valence-corrected chi connectivity index (χ1v) is 11.6. The molecular weight excluding hydrogens is 485 g/mol. The van der Waals surface area contributed by atoms with Gasteiger partial charge >= 0.3 is 5.97 Å². The summed E-state index contributed by atoms with van der Waals surface area (Å²) in [6, 6.07) is 4.94. The third-order valence-electron chi connectivity index (χ3n) is 5.12. The van der Waals surface area contributed by atoms with Crippen LogP contribution < -0.4 is 10.1 Å². The number of carboxylic acid groups (broad SMARTS) is 1. The lowest BCUT2D eigenvalue weighted by Gasteiger charge is -2.19. The third-order valence-corrected chi connectivity index (χ3v) is 5.47. The summed E-state index contributed by atoms with van der Waals surface area (Å²) < 4.78 is 18.3. The van der Waals surface area contributed by atoms with E-state index in [2.05, 4.69) is 16.9 Å². The molecule has 3 N–H and O–H groups in total. The van der Waals surface area contributed by atoms with E-state index in [1.54, 1.807) is 49.2 Å². The van der Waals surface area contributed by atoms with Crippen LogP contribution in [0.5, 0.6) is 5.75 Å². The van der Waals surface area contributed by atoms with Crippen LogP contribution in [0.25, 0.3) is 0 Å². The van der Waals surface area contributed by atoms with E-state index in [1.807, 2.05) is 18.2 Å². The minimum Gasteiger partial charge on any atom is -0.478 e. The van der Waals surface area contributed by atoms with Crippen LogP contribution in [-0.4, -0.2) is 53.5 Å². The van der Waals surface area contributed by atoms with Crippen LogP contribution >= 0.6 is 11.6 Å². The maximum atomic E-state index is 12.6. The fourth-order valence-electron chi connectivity index (χ4n) is 3.17. The zero-order chi connectivity index (χ0) is 26.5. The van der Waals surface area contributed by atoms with Crippen molar-refractivity contribution in [2.24, 2.45) is 4.99 Å². The lowest BCUT2D eigenvalue weighted by molar-refractivity contribution is 0.0695. The molecule has 0 aliphatic carbocycles. The summed E-state index contributed by atoms with van der Waals surface area (Å²) in [6.45, 7) is 7.44. The number of aryl methyl sites for hydroxylation is 1. The van der Waals surface area contributed by atoms with E-state index in [-0.39, 0.29) is 24.7 Å². The van der Waals surface area contributed by atoms with E-state index in [9.17, 15) is 19.4 Å². The summed E-state index contributed by atoms with van der Waals surface area (Å²) in [5, 5.41) is 22.0. The SMILES string of the molecule is C=C1/C=C(Cl)\C(C/C=C/C=C\N(CCO)/C(C)=C/CF)=C/CN=C(Oc2ccc(C)c(C(=O)O)c2)N1. The Balaban J connectivity index is 2.11. The summed E-state index contributed by atoms with van der Waals surface area (Å²) in [6.07, 6.45) is 12.8. The molecule has 7 nitrogen and oxygen atoms in total. The van der Waals surface area contributed by atoms with Crippen molar-refractivity contribution in [3.8, 4) is 5.75 Å². The molecule has 1 aliphatic heterocycles. The quantitative estimate of drug-likeness (QED) is 0.370. The van der Waals surface area contributed by atoms with Gasteiger partial charge in [-0.15, -0.1) is 0 Å². The summed E-state index contributed by atoms with van der Waals surface area (Å²) in [7, 11) is 0. The number of nitrogens with one attached hydrogen (secondary N) is 1. The van der Waals surface area contributed by atoms with E-state index in [1.165, 1.54) is 12.1 Å². The molecule has 0 saturated heterocycles. The number of ether oxygens (including phenoxy) is 1. The summed E-state index contributed by atoms with van der Waals surface area (Å²) in [5.41, 5.74) is 2.78. The van der Waals surface area contributed by atoms with Crippen LogP contribution in [0.15, 0.2) is 94.4 Å². The maximum Gasteiger partial charge on any atom is 0.336 e. The maximum absolute atomic E-state index is 12.6. The second kappa shape index (κ2) is 14.7. The Labute approximate surface area is 215 Å². The lowest BCUT2D eigenvalue weighted by atomic mass is 10.1. The fraction of sp³-hybridized carbons (Fsp3) is 0.259. The Morgan fingerprint density at radius 1 is 1.39 bits per heavy atom. The van der Waals surface area contributed by atoms with Gasteiger partial charge in [0.05, 0.1) is 18.7 Å². The van der Waals surface area contributed by atoms with Crippen LogP contribution in [0, 0.1) is 6.92 Å². The zero-order valence-electron chi connectivity index (χ0n) is 20.4. The molecule has 0 saturated carbocycles. The molecule has 9 heteroatoms. The highest BCUT2D eigenvalue weighted by atomic mass is 35.5. The van der Waals surface area contributed by atoms with Gasteiger partial charge in [0.15, 0.2) is 0 Å². The van der Waals surface area contributed by atoms with Crippen molar-refractivity contribution < 1.29 is 24.1 Å². The molecule has 0 amide bonds. The molecule has 36 heavy (non-hydrogen) atoms. The Bertz CT molecular complexity index is 1140. The zero-order valence-corrected chi connectivity index (χ0v) is 21.1. The number of allylic oxidation sites excluding steroid dienone is 8. The normalized spacial score (nSPS) is 17.9. The highest BCUT2D eigenvalue weighted by Gasteiger charge is 2.12. The van der Waals surface area contributed by atoms with E-state index < -0.39 is 12.6 Å². The molecule has 1 aromatic rings. The van der Waals surface area contributed by atoms with Gasteiger partial charge in [-0.05, 0) is 61.8 Å². The Morgan fingerprint density at radius 3 is 2.86 bits per heavy atom. The van der Waals surface area contributed by atoms with E-state index in [0.717, 1.165) is 5.57 Å². The number of aliphatic imine (C=N–C) groups is 1. The molecule has 0 aromatic heterocycles. The highest BCUT2D eigenvalue weighted by molar-refractivity contribution is 6.32. The van der Waals surface area contributed by atoms with Gasteiger partial charge in [0, 0.05) is 29.2 Å². The number of amidine groups is 1. The highest BCUT2D eigenvalue weighted by Crippen LogP contribution is 2.22. The van der Waals surface area contributed by atoms with Crippen molar-refractivity contribution in [2.75, 3.05) is 26.4 Å². The predicted molar refractivity (Wildman–Crippen MR) is 142 cm³/mol. The van der Waals surface area contributed by atoms with Crippen LogP contribution in [0.1, 0.15) is 29.3 Å². The molecule has 1 aliphatic rings. The Kier molecular flexibility index (Phi) is 11.7. The average molecular weight is 516 g/mol. The van der Waals surface area contributed by atoms with Gasteiger partial charge in [-0.1, -0.05) is 42.5 Å². The molecule has 1 heterocycles. The smallest absolute Gasteiger partial charge is 0.336 e. The number of rotatable bonds is 10. The van der Waals surface area contributed by atoms with Gasteiger partial charge in [-0.2, -0.15) is 0 Å². The van der Waals surface area contributed by atoms with Crippen molar-refractivity contribution in [1.82, 2.24) is 10.2 Å². The number of hydrogen-bond donors (Lipinski definition) is 3. The molecule has 0 atom stereocenters. The number of benzene rings is 1. The van der Waals surface area contributed by atoms with E-state index in [4.69, 9.17) is 16.3 Å². The van der Waals surface area contributed by atoms with Crippen LogP contribution in [0.4, 0.5) is 4.39 Å². The number of alkyl halides is 1. The summed E-state index contributed by atoms with van der Waals surface area (Å²) >= 11 is 6.49. The fourth-order valence-corrected chi connectivity index (χ4v) is 3.46. The molecule has 0 bridgehead atoms. The summed E-state index contributed by atoms with van der Waals surface area (Å²) in [5.74, 6) is -0.707. The molecule has 0 fully saturated rings. The molecule has 0 radical (unpaired) electrons. The molecule has 1 aromatic carbocycles. The number of carbonyl (C=O) groups is 1. The number of halogens is 2. The Hall–Kier alpha value is -3.62. The first-order chi connectivity index (χ1) is 17.2. The second-order valence-electron chi connectivity index (χ2n) is 7.79. The predicted octanol–water partition coefficient (Wildman–Crippen LogP) is 5.22. The van der Waals surface area contributed by atoms with Crippen molar-refractivity contribution in [3.63, 3.8) is 0 Å². The number of aromatic carboxylic acids is 1. The monoisotopic (exact) mass is 515 g/mol. The number of carboxylic acids is 1. The van der Waals surface area contributed by atoms with Gasteiger partial charge in [-0.3, -0.25) is 0 Å². The number of aliphatic hydroxyl groups is 1. The van der Waals surface area contributed by atoms with Gasteiger partial charge in [0.25, 0.3) is 6.02 Å². The molecule has 192 valence electrons. The van der Waals surface area contributed by atoms with Gasteiger partial charge < -0.3 is 25.2 Å². The van der Waals surface area contributed by atoms with Crippen LogP contribution in [-0.2, 0) is 0 Å². The number of hydrogen-bond acceptors (Lipinski definition) is 6. The molecule has 0 unspecified atom stereocenters. The summed E-state index contributed by atoms with van der Waals surface area (Å²) in [4.78, 5) is 17.6. The molecular formula is C27H31ClFN3O4. The largest absolute Gasteiger partial charge is 0.478 e. The van der Waals surface area contributed by atoms with Gasteiger partial charge in [-0.25, -0.2) is 14.2 Å². The first-order valence-electron chi connectivity index (χ1n) is 11.3. The first kappa shape index (κ1) is 28.6. The lowest BCUT2D eigenvalue weighted by Crippen LogP contribution is -2.27. The topological polar surface area (TPSA) is 94.4 Å². The van der Waals surface area contributed by atoms with E-state index >= 15 is 0 Å². The van der Waals surface area contributed by atoms with Crippen molar-refractivity contribution in [3.05, 3.63) is 101 Å². The molecule has 2 rings (SSSR count). The minimum absolute atomic E-state index is 0.0480. The van der Waals surface area contributed by atoms with Crippen LogP contribution in [0.3, 0.4) is 0 Å². The van der Waals surface area contributed by atoms with Gasteiger partial charge in [0.1, 0.15) is 12.4 Å². The second-order valence-corrected chi connectivity index (χ2v) is 8.20. The number of nitrogens with zero attached hydrogens (tertiary/aromatic N) is 2. The standard InChI is InChI=1S/C27H31ClFN3O4/c1-19-8-9-23(18-24(19)26(34)35)36-27-30-13-11-22(25(28)17-20(2)31-27)7-5-4-6-14-32(15-16-33)21(3)10-12-29/h4-6,8-11,14,17-18,33H,2,7,12-13,15-16H2,1,3H3,(H,30,31)(H,34,35)/b5-4+,14-6-,21-10+,22-11-,25-17+. The van der Waals surface area contributed by atoms with Crippen molar-refractivity contribution in [2.45, 2.75) is 20.3 Å². The Morgan fingerprint density at radius 2 is 2.17 bits per heavy atom. The number of aliphatic hydroxyl groups excluding tert-OH is 1. The third kappa shape index (κ3) is 9.20. The van der Waals surface area contributed by atoms with E-state index in [0.29, 0.717) is 40.7 Å². The van der Waals surface area contributed by atoms with Crippen molar-refractivity contribution in [1.29, 1.82) is 0 Å². The average Bonchev–Trinajstić information content (AvgIpc) is 2.88. The van der Waals surface area contributed by atoms with Crippen LogP contribution in [0.2, 0.25) is 0 Å². The molecule has 0 spiro atoms. The minimum atomic E-state index is -1.04.